The van der Waals surface area contributed by atoms with Crippen LogP contribution in [0.2, 0.25) is 0 Å². The van der Waals surface area contributed by atoms with E-state index in [1.54, 1.807) is 0 Å². The monoisotopic (exact) mass is 196 g/mol. The Hall–Kier alpha value is -0.590. The van der Waals surface area contributed by atoms with E-state index >= 15 is 0 Å². The minimum atomic E-state index is -0.178. The van der Waals surface area contributed by atoms with Gasteiger partial charge in [-0.2, -0.15) is 0 Å². The number of aldehydes is 1. The maximum Gasteiger partial charge on any atom is 0.126 e. The van der Waals surface area contributed by atoms with Gasteiger partial charge in [-0.3, -0.25) is 0 Å². The van der Waals surface area contributed by atoms with Crippen molar-refractivity contribution < 1.29 is 4.79 Å². The summed E-state index contributed by atoms with van der Waals surface area (Å²) in [5.41, 5.74) is -0.178. The summed E-state index contributed by atoms with van der Waals surface area (Å²) in [5.74, 6) is 0.349. The molecule has 0 aliphatic rings. The molecule has 0 fully saturated rings. The zero-order valence-corrected chi connectivity index (χ0v) is 10.0. The number of hydrogen-bond donors (Lipinski definition) is 0. The summed E-state index contributed by atoms with van der Waals surface area (Å²) in [6.07, 6.45) is 10.0. The Kier molecular flexibility index (Phi) is 6.52. The van der Waals surface area contributed by atoms with Crippen molar-refractivity contribution in [3.63, 3.8) is 0 Å². The molecule has 82 valence electrons. The zero-order chi connectivity index (χ0) is 11.0. The summed E-state index contributed by atoms with van der Waals surface area (Å²) in [7, 11) is 0. The lowest BCUT2D eigenvalue weighted by molar-refractivity contribution is -0.117. The number of rotatable bonds is 7. The van der Waals surface area contributed by atoms with Crippen LogP contribution in [0.15, 0.2) is 12.2 Å². The molecule has 0 aromatic heterocycles. The van der Waals surface area contributed by atoms with Gasteiger partial charge in [0.1, 0.15) is 6.29 Å². The molecule has 2 atom stereocenters. The van der Waals surface area contributed by atoms with E-state index in [-0.39, 0.29) is 5.41 Å². The number of hydrogen-bond acceptors (Lipinski definition) is 1. The fourth-order valence-electron chi connectivity index (χ4n) is 1.35. The van der Waals surface area contributed by atoms with Gasteiger partial charge >= 0.3 is 0 Å². The normalized spacial score (nSPS) is 18.0. The maximum atomic E-state index is 11.0. The minimum Gasteiger partial charge on any atom is -0.303 e. The third-order valence-electron chi connectivity index (χ3n) is 3.22. The molecule has 0 radical (unpaired) electrons. The number of carbonyl (C=O) groups is 1. The molecule has 1 nitrogen and oxygen atoms in total. The molecule has 0 amide bonds. The van der Waals surface area contributed by atoms with Gasteiger partial charge in [-0.25, -0.2) is 0 Å². The molecular weight excluding hydrogens is 172 g/mol. The molecule has 0 aliphatic heterocycles. The van der Waals surface area contributed by atoms with Crippen LogP contribution in [-0.4, -0.2) is 6.29 Å². The van der Waals surface area contributed by atoms with E-state index in [0.29, 0.717) is 5.92 Å². The van der Waals surface area contributed by atoms with Gasteiger partial charge in [-0.05, 0) is 18.8 Å². The van der Waals surface area contributed by atoms with Gasteiger partial charge in [0, 0.05) is 5.41 Å². The van der Waals surface area contributed by atoms with E-state index in [9.17, 15) is 4.79 Å². The molecular formula is C13H24O. The fourth-order valence-corrected chi connectivity index (χ4v) is 1.35. The molecule has 0 saturated heterocycles. The predicted octanol–water partition coefficient (Wildman–Crippen LogP) is 3.98. The predicted molar refractivity (Wildman–Crippen MR) is 62.3 cm³/mol. The number of carbonyl (C=O) groups excluding carboxylic acids is 1. The van der Waals surface area contributed by atoms with Crippen LogP contribution in [0.1, 0.15) is 53.4 Å². The fraction of sp³-hybridized carbons (Fsp3) is 0.769. The second kappa shape index (κ2) is 6.80. The average Bonchev–Trinajstić information content (AvgIpc) is 2.22. The third-order valence-corrected chi connectivity index (χ3v) is 3.22. The second-order valence-corrected chi connectivity index (χ2v) is 4.34. The summed E-state index contributed by atoms with van der Waals surface area (Å²) >= 11 is 0. The third kappa shape index (κ3) is 4.08. The molecule has 0 heterocycles. The van der Waals surface area contributed by atoms with Gasteiger partial charge in [0.05, 0.1) is 0 Å². The summed E-state index contributed by atoms with van der Waals surface area (Å²) in [6.45, 7) is 8.43. The largest absolute Gasteiger partial charge is 0.303 e. The first-order valence-electron chi connectivity index (χ1n) is 5.73. The van der Waals surface area contributed by atoms with Gasteiger partial charge in [0.15, 0.2) is 0 Å². The summed E-state index contributed by atoms with van der Waals surface area (Å²) in [6, 6.07) is 0. The van der Waals surface area contributed by atoms with E-state index in [1.807, 2.05) is 6.92 Å². The highest BCUT2D eigenvalue weighted by Gasteiger charge is 2.26. The lowest BCUT2D eigenvalue weighted by Crippen LogP contribution is -2.24. The highest BCUT2D eigenvalue weighted by atomic mass is 16.1. The quantitative estimate of drug-likeness (QED) is 0.342. The molecule has 0 saturated carbocycles. The van der Waals surface area contributed by atoms with Crippen molar-refractivity contribution in [2.24, 2.45) is 11.3 Å². The smallest absolute Gasteiger partial charge is 0.126 e. The van der Waals surface area contributed by atoms with E-state index in [1.165, 1.54) is 12.8 Å². The molecule has 0 spiro atoms. The molecule has 0 aromatic carbocycles. The average molecular weight is 196 g/mol. The Labute approximate surface area is 88.6 Å². The van der Waals surface area contributed by atoms with Crippen LogP contribution in [0.3, 0.4) is 0 Å². The van der Waals surface area contributed by atoms with Gasteiger partial charge in [-0.1, -0.05) is 52.7 Å². The topological polar surface area (TPSA) is 17.1 Å². The van der Waals surface area contributed by atoms with Crippen molar-refractivity contribution in [2.45, 2.75) is 53.4 Å². The van der Waals surface area contributed by atoms with E-state index in [2.05, 4.69) is 32.9 Å². The van der Waals surface area contributed by atoms with Crippen LogP contribution < -0.4 is 0 Å². The Bertz CT molecular complexity index is 184. The minimum absolute atomic E-state index is 0.178. The molecule has 0 rings (SSSR count). The summed E-state index contributed by atoms with van der Waals surface area (Å²) < 4.78 is 0. The van der Waals surface area contributed by atoms with Gasteiger partial charge in [-0.15, -0.1) is 0 Å². The number of allylic oxidation sites excluding steroid dienone is 2. The lowest BCUT2D eigenvalue weighted by Gasteiger charge is -2.26. The van der Waals surface area contributed by atoms with Crippen LogP contribution in [0.5, 0.6) is 0 Å². The highest BCUT2D eigenvalue weighted by Crippen LogP contribution is 2.29. The zero-order valence-electron chi connectivity index (χ0n) is 10.0. The van der Waals surface area contributed by atoms with Crippen LogP contribution in [0.4, 0.5) is 0 Å². The summed E-state index contributed by atoms with van der Waals surface area (Å²) in [5, 5.41) is 0. The van der Waals surface area contributed by atoms with Gasteiger partial charge in [0.2, 0.25) is 0 Å². The van der Waals surface area contributed by atoms with Crippen molar-refractivity contribution in [2.75, 3.05) is 0 Å². The molecule has 1 heteroatoms. The van der Waals surface area contributed by atoms with E-state index in [4.69, 9.17) is 0 Å². The Balaban J connectivity index is 4.10. The van der Waals surface area contributed by atoms with E-state index < -0.39 is 0 Å². The molecule has 0 N–H and O–H groups in total. The van der Waals surface area contributed by atoms with Crippen molar-refractivity contribution in [1.82, 2.24) is 0 Å². The van der Waals surface area contributed by atoms with Crippen molar-refractivity contribution >= 4 is 6.29 Å². The SMILES string of the molecule is CCCC/C=C/[C@H](C)[C@](C)(C=O)CC. The number of unbranched alkanes of at least 4 members (excludes halogenated alkanes) is 2. The lowest BCUT2D eigenvalue weighted by atomic mass is 9.77. The first-order valence-corrected chi connectivity index (χ1v) is 5.73. The Morgan fingerprint density at radius 3 is 2.43 bits per heavy atom. The van der Waals surface area contributed by atoms with Crippen molar-refractivity contribution in [1.29, 1.82) is 0 Å². The standard InChI is InChI=1S/C13H24O/c1-5-7-8-9-10-12(3)13(4,6-2)11-14/h9-12H,5-8H2,1-4H3/b10-9+/t12-,13-/m0/s1. The van der Waals surface area contributed by atoms with Crippen molar-refractivity contribution in [3.05, 3.63) is 12.2 Å². The first kappa shape index (κ1) is 13.4. The molecule has 0 bridgehead atoms. The molecule has 14 heavy (non-hydrogen) atoms. The second-order valence-electron chi connectivity index (χ2n) is 4.34. The van der Waals surface area contributed by atoms with Gasteiger partial charge in [0.25, 0.3) is 0 Å². The van der Waals surface area contributed by atoms with Crippen LogP contribution in [0, 0.1) is 11.3 Å². The molecule has 0 aliphatic carbocycles. The maximum absolute atomic E-state index is 11.0. The van der Waals surface area contributed by atoms with Crippen molar-refractivity contribution in [3.8, 4) is 0 Å². The Morgan fingerprint density at radius 1 is 1.36 bits per heavy atom. The van der Waals surface area contributed by atoms with Crippen LogP contribution in [0.25, 0.3) is 0 Å². The van der Waals surface area contributed by atoms with Crippen LogP contribution >= 0.6 is 0 Å². The van der Waals surface area contributed by atoms with Crippen LogP contribution in [-0.2, 0) is 4.79 Å². The molecule has 0 unspecified atom stereocenters. The highest BCUT2D eigenvalue weighted by molar-refractivity contribution is 5.59. The Morgan fingerprint density at radius 2 is 2.00 bits per heavy atom. The summed E-state index contributed by atoms with van der Waals surface area (Å²) in [4.78, 5) is 11.0. The first-order chi connectivity index (χ1) is 6.60. The van der Waals surface area contributed by atoms with E-state index in [0.717, 1.165) is 19.1 Å². The van der Waals surface area contributed by atoms with Gasteiger partial charge < -0.3 is 4.79 Å². The molecule has 0 aromatic rings.